The van der Waals surface area contributed by atoms with Crippen LogP contribution < -0.4 is 24.0 Å². The molecule has 0 saturated heterocycles. The second-order valence-electron chi connectivity index (χ2n) is 32.8. The Morgan fingerprint density at radius 3 is 1.52 bits per heavy atom. The lowest BCUT2D eigenvalue weighted by molar-refractivity contribution is -0.143. The molecule has 2 heterocycles. The van der Waals surface area contributed by atoms with E-state index in [-0.39, 0.29) is 75.3 Å². The van der Waals surface area contributed by atoms with Crippen molar-refractivity contribution in [2.45, 2.75) is 175 Å². The monoisotopic (exact) mass is 1450 g/mol. The van der Waals surface area contributed by atoms with Crippen LogP contribution in [0.1, 0.15) is 168 Å². The van der Waals surface area contributed by atoms with Gasteiger partial charge in [-0.15, -0.1) is 0 Å². The predicted molar refractivity (Wildman–Crippen MR) is 411 cm³/mol. The van der Waals surface area contributed by atoms with E-state index in [1.807, 2.05) is 208 Å². The third-order valence-electron chi connectivity index (χ3n) is 22.6. The Hall–Kier alpha value is -8.58. The number of aryl methyl sites for hydroxylation is 2. The summed E-state index contributed by atoms with van der Waals surface area (Å²) in [5.41, 5.74) is 6.19. The predicted octanol–water partition coefficient (Wildman–Crippen LogP) is 16.6. The zero-order chi connectivity index (χ0) is 76.3. The van der Waals surface area contributed by atoms with Gasteiger partial charge in [0.25, 0.3) is 11.8 Å². The average Bonchev–Trinajstić information content (AvgIpc) is 0.861. The number of Topliss-reactive ketones (excluding diaryl/α,β-unsaturated/α-hetero) is 3. The number of anilines is 2. The Morgan fingerprint density at radius 2 is 1.05 bits per heavy atom. The number of nitrogens with zero attached hydrogens (tertiary/aromatic N) is 6. The molecule has 5 aromatic carbocycles. The van der Waals surface area contributed by atoms with Crippen molar-refractivity contribution in [1.29, 1.82) is 0 Å². The Labute approximate surface area is 616 Å². The van der Waals surface area contributed by atoms with Crippen molar-refractivity contribution in [3.8, 4) is 17.5 Å². The first-order valence-corrected chi connectivity index (χ1v) is 41.7. The molecule has 1 N–H and O–H groups in total. The standard InChI is InChI=1S/C38H49N3O6Si.C28H38N2O5Si.C17H19NO2/c1-22-17-18-26(40(6)7)24-19-37(5)20-25-30(41(8)9)32-28(35(39-46-32)45-21-23-15-13-12-14-16-23)33(43)38(25,47-48(10,11)36(2,3)4)34(44)29(37)31(42)27(22)24;1-9-18-15-20-23(30(5)6)24-22(26(29-34-24)33-17-19-13-11-10-12-14-19)25(32)28(20,21(31)16-18)35-36(7,8)27(2,3)4;1-12-10-11-15(18(3)4)13(2)16(12)17(19)20-14-8-6-5-7-9-14/h12-18,25,30,42H,19-21H2,1-11H3;10-14,16,20,23H,9,15,17H2,1-8H3;5-11H,1-4H3/t25-,30-,37-,38+;20-,23-,28-;/m00./s1. The van der Waals surface area contributed by atoms with Crippen LogP contribution in [0.15, 0.2) is 142 Å². The molecular weight excluding hydrogens is 1350 g/mol. The van der Waals surface area contributed by atoms with Gasteiger partial charge in [-0.3, -0.25) is 29.0 Å². The Kier molecular flexibility index (Phi) is 22.1. The maximum Gasteiger partial charge on any atom is 0.344 e. The number of ether oxygens (including phenoxy) is 3. The van der Waals surface area contributed by atoms with Crippen LogP contribution >= 0.6 is 0 Å². The summed E-state index contributed by atoms with van der Waals surface area (Å²) >= 11 is 0. The molecule has 554 valence electrons. The van der Waals surface area contributed by atoms with Gasteiger partial charge in [-0.25, -0.2) is 4.79 Å². The summed E-state index contributed by atoms with van der Waals surface area (Å²) in [5, 5.41) is 20.2. The highest BCUT2D eigenvalue weighted by atomic mass is 28.4. The molecule has 1 saturated carbocycles. The van der Waals surface area contributed by atoms with E-state index in [9.17, 15) is 19.5 Å². The zero-order valence-corrected chi connectivity index (χ0v) is 67.1. The normalized spacial score (nSPS) is 22.1. The van der Waals surface area contributed by atoms with Gasteiger partial charge in [0.05, 0.1) is 17.6 Å². The fraction of sp³-hybridized carbons (Fsp3) is 0.458. The molecule has 0 spiro atoms. The second kappa shape index (κ2) is 29.4. The van der Waals surface area contributed by atoms with Gasteiger partial charge in [-0.1, -0.05) is 152 Å². The van der Waals surface area contributed by atoms with Crippen molar-refractivity contribution < 1.29 is 61.2 Å². The molecule has 21 heteroatoms. The molecule has 5 aliphatic rings. The third kappa shape index (κ3) is 14.2. The number of para-hydroxylation sites is 1. The molecule has 104 heavy (non-hydrogen) atoms. The highest BCUT2D eigenvalue weighted by Crippen LogP contribution is 2.63. The summed E-state index contributed by atoms with van der Waals surface area (Å²) in [6, 6.07) is 35.5. The van der Waals surface area contributed by atoms with E-state index < -0.39 is 68.5 Å². The van der Waals surface area contributed by atoms with Gasteiger partial charge in [-0.2, -0.15) is 0 Å². The second-order valence-corrected chi connectivity index (χ2v) is 42.2. The minimum Gasteiger partial charge on any atom is -0.507 e. The molecule has 7 atom stereocenters. The Balaban J connectivity index is 0.000000182. The van der Waals surface area contributed by atoms with E-state index in [0.717, 1.165) is 56.7 Å². The number of carbonyl (C=O) groups is 5. The smallest absolute Gasteiger partial charge is 0.344 e. The third-order valence-corrected chi connectivity index (χ3v) is 31.5. The van der Waals surface area contributed by atoms with E-state index in [1.54, 1.807) is 18.2 Å². The van der Waals surface area contributed by atoms with Gasteiger partial charge >= 0.3 is 5.97 Å². The summed E-state index contributed by atoms with van der Waals surface area (Å²) in [4.78, 5) is 79.9. The van der Waals surface area contributed by atoms with Crippen LogP contribution in [0.4, 0.5) is 11.4 Å². The lowest BCUT2D eigenvalue weighted by Gasteiger charge is -2.57. The molecule has 0 bridgehead atoms. The highest BCUT2D eigenvalue weighted by molar-refractivity contribution is 6.75. The van der Waals surface area contributed by atoms with Crippen LogP contribution in [-0.2, 0) is 38.1 Å². The molecule has 0 unspecified atom stereocenters. The van der Waals surface area contributed by atoms with Crippen molar-refractivity contribution in [2.24, 2.45) is 17.3 Å². The molecule has 2 aromatic heterocycles. The van der Waals surface area contributed by atoms with E-state index in [1.165, 1.54) is 0 Å². The first kappa shape index (κ1) is 78.0. The Bertz CT molecular complexity index is 4470. The van der Waals surface area contributed by atoms with Crippen LogP contribution in [0.25, 0.3) is 5.76 Å². The quantitative estimate of drug-likeness (QED) is 0.0388. The lowest BCUT2D eigenvalue weighted by Crippen LogP contribution is -2.69. The molecular formula is C83H106N6O13Si2. The maximum absolute atomic E-state index is 15.6. The van der Waals surface area contributed by atoms with E-state index in [4.69, 9.17) is 32.1 Å². The number of benzene rings is 5. The van der Waals surface area contributed by atoms with Crippen LogP contribution in [0.2, 0.25) is 36.3 Å². The summed E-state index contributed by atoms with van der Waals surface area (Å²) < 4.78 is 43.6. The first-order valence-electron chi connectivity index (χ1n) is 35.9. The summed E-state index contributed by atoms with van der Waals surface area (Å²) in [6.07, 6.45) is 3.88. The van der Waals surface area contributed by atoms with E-state index in [0.29, 0.717) is 47.7 Å². The average molecular weight is 1450 g/mol. The number of aliphatic hydroxyl groups excluding tert-OH is 1. The fourth-order valence-corrected chi connectivity index (χ4v) is 18.1. The van der Waals surface area contributed by atoms with Crippen LogP contribution in [0.5, 0.6) is 17.5 Å². The van der Waals surface area contributed by atoms with Crippen molar-refractivity contribution in [1.82, 2.24) is 20.1 Å². The molecule has 0 amide bonds. The van der Waals surface area contributed by atoms with Crippen LogP contribution in [-0.4, -0.2) is 139 Å². The van der Waals surface area contributed by atoms with Gasteiger partial charge in [0.2, 0.25) is 17.3 Å². The molecule has 19 nitrogen and oxygen atoms in total. The van der Waals surface area contributed by atoms with Crippen molar-refractivity contribution in [3.63, 3.8) is 0 Å². The zero-order valence-electron chi connectivity index (χ0n) is 65.1. The van der Waals surface area contributed by atoms with Gasteiger partial charge in [0, 0.05) is 68.0 Å². The number of fused-ring (bicyclic) bond motifs is 6. The van der Waals surface area contributed by atoms with E-state index >= 15 is 9.59 Å². The van der Waals surface area contributed by atoms with Gasteiger partial charge in [-0.05, 0) is 185 Å². The van der Waals surface area contributed by atoms with Crippen molar-refractivity contribution in [3.05, 3.63) is 200 Å². The van der Waals surface area contributed by atoms with Crippen LogP contribution in [0.3, 0.4) is 0 Å². The Morgan fingerprint density at radius 1 is 0.596 bits per heavy atom. The SMILES string of the molecule is CCC1=CC(=O)[C@]2(O[Si](C)(C)C(C)(C)C)C(=O)c3c(OCc4ccccc4)noc3[C@@H](N(C)C)[C@@H]2C1.Cc1ccc(N(C)C)c(C)c1C(=O)Oc1ccccc1.Cc1ccc(N(C)C)c2c1C(O)=C1C(=O)[C@]3(O[Si](C)(C)C(C)(C)C)C(=O)c4c(OCc5ccccc5)noc4[C@@H](N(C)C)[C@@H]3C[C@]1(C)C2. The largest absolute Gasteiger partial charge is 0.507 e. The van der Waals surface area contributed by atoms with Gasteiger partial charge < -0.3 is 47.0 Å². The van der Waals surface area contributed by atoms with Crippen molar-refractivity contribution in [2.75, 3.05) is 66.2 Å². The molecule has 5 aliphatic carbocycles. The summed E-state index contributed by atoms with van der Waals surface area (Å²) in [7, 11) is 10.2. The number of rotatable bonds is 17. The first-order chi connectivity index (χ1) is 48.7. The highest BCUT2D eigenvalue weighted by Gasteiger charge is 2.71. The van der Waals surface area contributed by atoms with Gasteiger partial charge in [0.1, 0.15) is 35.8 Å². The molecule has 0 aliphatic heterocycles. The topological polar surface area (TPSA) is 217 Å². The number of hydrogen-bond acceptors (Lipinski definition) is 19. The molecule has 1 fully saturated rings. The minimum atomic E-state index is -2.82. The number of carbonyl (C=O) groups excluding carboxylic acids is 5. The van der Waals surface area contributed by atoms with Gasteiger partial charge in [0.15, 0.2) is 45.1 Å². The molecule has 12 rings (SSSR count). The lowest BCUT2D eigenvalue weighted by atomic mass is 9.51. The molecule has 0 radical (unpaired) electrons. The fourth-order valence-electron chi connectivity index (χ4n) is 15.2. The van der Waals surface area contributed by atoms with E-state index in [2.05, 4.69) is 84.1 Å². The van der Waals surface area contributed by atoms with Crippen LogP contribution in [0, 0.1) is 38.0 Å². The number of aromatic nitrogens is 2. The number of esters is 1. The number of aliphatic hydroxyl groups is 1. The maximum atomic E-state index is 15.6. The minimum absolute atomic E-state index is 0.0437. The summed E-state index contributed by atoms with van der Waals surface area (Å²) in [5.74, 6) is -1.54. The summed E-state index contributed by atoms with van der Waals surface area (Å²) in [6.45, 7) is 31.2. The molecule has 7 aromatic rings. The number of allylic oxidation sites excluding steroid dienone is 1. The number of hydrogen-bond donors (Lipinski definition) is 1. The number of ketones is 4. The van der Waals surface area contributed by atoms with Crippen molar-refractivity contribution >= 4 is 62.9 Å².